The van der Waals surface area contributed by atoms with Crippen molar-refractivity contribution in [1.82, 2.24) is 19.7 Å². The third-order valence-corrected chi connectivity index (χ3v) is 4.22. The first kappa shape index (κ1) is 14.8. The second kappa shape index (κ2) is 5.70. The van der Waals surface area contributed by atoms with Crippen molar-refractivity contribution in [2.24, 2.45) is 0 Å². The van der Waals surface area contributed by atoms with E-state index in [0.717, 1.165) is 29.6 Å². The number of anilines is 1. The summed E-state index contributed by atoms with van der Waals surface area (Å²) in [7, 11) is 0. The lowest BCUT2D eigenvalue weighted by molar-refractivity contribution is 0.102. The number of amides is 1. The van der Waals surface area contributed by atoms with Crippen LogP contribution in [0.25, 0.3) is 11.0 Å². The molecule has 6 heteroatoms. The monoisotopic (exact) mass is 321 g/mol. The molecule has 0 aromatic carbocycles. The van der Waals surface area contributed by atoms with Crippen LogP contribution in [0, 0.1) is 0 Å². The maximum atomic E-state index is 12.8. The summed E-state index contributed by atoms with van der Waals surface area (Å²) in [5.41, 5.74) is 2.37. The Balaban J connectivity index is 1.79. The Kier molecular flexibility index (Phi) is 3.52. The van der Waals surface area contributed by atoms with Crippen LogP contribution in [0.1, 0.15) is 54.7 Å². The quantitative estimate of drug-likeness (QED) is 0.798. The highest BCUT2D eigenvalue weighted by Gasteiger charge is 2.28. The molecule has 1 amide bonds. The summed E-state index contributed by atoms with van der Waals surface area (Å²) in [4.78, 5) is 21.7. The Morgan fingerprint density at radius 1 is 1.33 bits per heavy atom. The number of hydrogen-bond acceptors (Lipinski definition) is 4. The molecular formula is C18H19N5O. The van der Waals surface area contributed by atoms with Gasteiger partial charge in [0.05, 0.1) is 17.1 Å². The van der Waals surface area contributed by atoms with Gasteiger partial charge < -0.3 is 5.32 Å². The molecule has 0 atom stereocenters. The smallest absolute Gasteiger partial charge is 0.257 e. The molecule has 3 aromatic heterocycles. The van der Waals surface area contributed by atoms with Crippen molar-refractivity contribution in [2.75, 3.05) is 5.32 Å². The van der Waals surface area contributed by atoms with Gasteiger partial charge in [-0.2, -0.15) is 5.10 Å². The molecule has 6 nitrogen and oxygen atoms in total. The van der Waals surface area contributed by atoms with Crippen molar-refractivity contribution < 1.29 is 4.79 Å². The summed E-state index contributed by atoms with van der Waals surface area (Å²) in [5.74, 6) is 0.828. The van der Waals surface area contributed by atoms with Gasteiger partial charge in [-0.15, -0.1) is 0 Å². The van der Waals surface area contributed by atoms with Crippen molar-refractivity contribution in [3.05, 3.63) is 47.9 Å². The third-order valence-electron chi connectivity index (χ3n) is 4.22. The number of nitrogens with one attached hydrogen (secondary N) is 1. The topological polar surface area (TPSA) is 72.7 Å². The first-order chi connectivity index (χ1) is 11.6. The van der Waals surface area contributed by atoms with Crippen LogP contribution < -0.4 is 5.32 Å². The van der Waals surface area contributed by atoms with Gasteiger partial charge in [0.2, 0.25) is 0 Å². The van der Waals surface area contributed by atoms with E-state index in [1.54, 1.807) is 18.5 Å². The zero-order valence-corrected chi connectivity index (χ0v) is 13.7. The average molecular weight is 321 g/mol. The number of fused-ring (bicyclic) bond motifs is 1. The fraction of sp³-hybridized carbons (Fsp3) is 0.333. The molecule has 0 saturated heterocycles. The van der Waals surface area contributed by atoms with Crippen molar-refractivity contribution in [2.45, 2.75) is 38.6 Å². The molecule has 0 radical (unpaired) electrons. The predicted octanol–water partition coefficient (Wildman–Crippen LogP) is 3.54. The first-order valence-electron chi connectivity index (χ1n) is 8.24. The summed E-state index contributed by atoms with van der Waals surface area (Å²) in [5, 5.41) is 8.06. The number of rotatable bonds is 4. The van der Waals surface area contributed by atoms with Gasteiger partial charge in [0, 0.05) is 23.9 Å². The molecule has 3 heterocycles. The Morgan fingerprint density at radius 3 is 2.83 bits per heavy atom. The number of carbonyl (C=O) groups is 1. The van der Waals surface area contributed by atoms with E-state index in [4.69, 9.17) is 4.98 Å². The van der Waals surface area contributed by atoms with Crippen molar-refractivity contribution in [3.8, 4) is 0 Å². The summed E-state index contributed by atoms with van der Waals surface area (Å²) >= 11 is 0. The lowest BCUT2D eigenvalue weighted by atomic mass is 10.1. The molecule has 0 bridgehead atoms. The normalized spacial score (nSPS) is 14.3. The predicted molar refractivity (Wildman–Crippen MR) is 92.1 cm³/mol. The van der Waals surface area contributed by atoms with Crippen LogP contribution >= 0.6 is 0 Å². The van der Waals surface area contributed by atoms with Gasteiger partial charge >= 0.3 is 0 Å². The van der Waals surface area contributed by atoms with Crippen LogP contribution in [0.15, 0.2) is 36.7 Å². The molecule has 0 aliphatic heterocycles. The number of nitrogens with zero attached hydrogens (tertiary/aromatic N) is 4. The summed E-state index contributed by atoms with van der Waals surface area (Å²) in [6, 6.07) is 7.53. The minimum atomic E-state index is -0.175. The second-order valence-corrected chi connectivity index (χ2v) is 6.46. The number of pyridine rings is 2. The van der Waals surface area contributed by atoms with Crippen molar-refractivity contribution in [3.63, 3.8) is 0 Å². The highest BCUT2D eigenvalue weighted by Crippen LogP contribution is 2.40. The fourth-order valence-electron chi connectivity index (χ4n) is 2.81. The van der Waals surface area contributed by atoms with Crippen LogP contribution in [-0.4, -0.2) is 25.7 Å². The Hall–Kier alpha value is -2.76. The molecule has 1 fully saturated rings. The standard InChI is InChI=1S/C18H19N5O/c1-11(2)23-17-14(10-20-23)13(9-15(21-17)12-6-7-12)18(24)22-16-5-3-4-8-19-16/h3-5,8-12H,6-7H2,1-2H3,(H,19,22,24). The molecule has 3 aromatic rings. The summed E-state index contributed by atoms with van der Waals surface area (Å²) in [6.07, 6.45) is 5.65. The molecule has 4 rings (SSSR count). The van der Waals surface area contributed by atoms with Gasteiger partial charge in [-0.3, -0.25) is 4.79 Å². The molecule has 1 N–H and O–H groups in total. The molecule has 0 unspecified atom stereocenters. The van der Waals surface area contributed by atoms with Crippen molar-refractivity contribution in [1.29, 1.82) is 0 Å². The molecule has 0 spiro atoms. The van der Waals surface area contributed by atoms with E-state index >= 15 is 0 Å². The van der Waals surface area contributed by atoms with Gasteiger partial charge in [-0.1, -0.05) is 6.07 Å². The number of hydrogen-bond donors (Lipinski definition) is 1. The molecule has 1 aliphatic rings. The van der Waals surface area contributed by atoms with Gasteiger partial charge in [-0.25, -0.2) is 14.6 Å². The third kappa shape index (κ3) is 2.64. The SMILES string of the molecule is CC(C)n1ncc2c(C(=O)Nc3ccccn3)cc(C3CC3)nc21. The lowest BCUT2D eigenvalue weighted by Gasteiger charge is -2.10. The largest absolute Gasteiger partial charge is 0.307 e. The maximum Gasteiger partial charge on any atom is 0.257 e. The van der Waals surface area contributed by atoms with Crippen molar-refractivity contribution >= 4 is 22.8 Å². The van der Waals surface area contributed by atoms with E-state index in [9.17, 15) is 4.79 Å². The molecule has 1 saturated carbocycles. The van der Waals surface area contributed by atoms with E-state index in [1.807, 2.05) is 22.9 Å². The molecule has 1 aliphatic carbocycles. The van der Waals surface area contributed by atoms with Crippen LogP contribution in [0.4, 0.5) is 5.82 Å². The van der Waals surface area contributed by atoms with Gasteiger partial charge in [0.1, 0.15) is 5.82 Å². The van der Waals surface area contributed by atoms with E-state index in [1.165, 1.54) is 0 Å². The van der Waals surface area contributed by atoms with Gasteiger partial charge in [-0.05, 0) is 44.9 Å². The van der Waals surface area contributed by atoms with Crippen LogP contribution in [0.5, 0.6) is 0 Å². The first-order valence-corrected chi connectivity index (χ1v) is 8.24. The van der Waals surface area contributed by atoms with Gasteiger partial charge in [0.25, 0.3) is 5.91 Å². The average Bonchev–Trinajstić information content (AvgIpc) is 3.33. The zero-order valence-electron chi connectivity index (χ0n) is 13.7. The highest BCUT2D eigenvalue weighted by molar-refractivity contribution is 6.11. The van der Waals surface area contributed by atoms with Crippen LogP contribution in [0.3, 0.4) is 0 Å². The maximum absolute atomic E-state index is 12.8. The molecule has 24 heavy (non-hydrogen) atoms. The van der Waals surface area contributed by atoms with Gasteiger partial charge in [0.15, 0.2) is 5.65 Å². The summed E-state index contributed by atoms with van der Waals surface area (Å²) in [6.45, 7) is 4.12. The highest BCUT2D eigenvalue weighted by atomic mass is 16.1. The van der Waals surface area contributed by atoms with Crippen LogP contribution in [0.2, 0.25) is 0 Å². The Labute approximate surface area is 139 Å². The van der Waals surface area contributed by atoms with E-state index in [2.05, 4.69) is 29.2 Å². The minimum Gasteiger partial charge on any atom is -0.307 e. The molecule has 122 valence electrons. The minimum absolute atomic E-state index is 0.175. The van der Waals surface area contributed by atoms with Crippen LogP contribution in [-0.2, 0) is 0 Å². The van der Waals surface area contributed by atoms with E-state index in [-0.39, 0.29) is 11.9 Å². The van der Waals surface area contributed by atoms with E-state index in [0.29, 0.717) is 17.3 Å². The lowest BCUT2D eigenvalue weighted by Crippen LogP contribution is -2.14. The molecular weight excluding hydrogens is 302 g/mol. The zero-order chi connectivity index (χ0) is 16.7. The summed E-state index contributed by atoms with van der Waals surface area (Å²) < 4.78 is 1.87. The number of aromatic nitrogens is 4. The van der Waals surface area contributed by atoms with E-state index < -0.39 is 0 Å². The second-order valence-electron chi connectivity index (χ2n) is 6.46. The number of carbonyl (C=O) groups excluding carboxylic acids is 1. The Bertz CT molecular complexity index is 896. The Morgan fingerprint density at radius 2 is 2.17 bits per heavy atom. The fourth-order valence-corrected chi connectivity index (χ4v) is 2.81.